The summed E-state index contributed by atoms with van der Waals surface area (Å²) in [4.78, 5) is 21.6. The molecule has 5 nitrogen and oxygen atoms in total. The number of nitrogens with zero attached hydrogens (tertiary/aromatic N) is 2. The lowest BCUT2D eigenvalue weighted by Crippen LogP contribution is -3.13. The van der Waals surface area contributed by atoms with E-state index < -0.39 is 0 Å². The Hall–Kier alpha value is -2.92. The van der Waals surface area contributed by atoms with Crippen LogP contribution in [0.2, 0.25) is 0 Å². The van der Waals surface area contributed by atoms with Crippen molar-refractivity contribution < 1.29 is 9.69 Å². The molecule has 5 heteroatoms. The largest absolute Gasteiger partial charge is 0.327 e. The van der Waals surface area contributed by atoms with Gasteiger partial charge < -0.3 is 15.1 Å². The fourth-order valence-corrected chi connectivity index (χ4v) is 4.86. The molecule has 30 heavy (non-hydrogen) atoms. The number of quaternary nitrogens is 1. The Kier molecular flexibility index (Phi) is 5.13. The van der Waals surface area contributed by atoms with Crippen molar-refractivity contribution in [2.24, 2.45) is 0 Å². The summed E-state index contributed by atoms with van der Waals surface area (Å²) in [5.41, 5.74) is 5.42. The van der Waals surface area contributed by atoms with Crippen LogP contribution < -0.4 is 15.1 Å². The van der Waals surface area contributed by atoms with E-state index in [-0.39, 0.29) is 5.91 Å². The molecular formula is C25H29N4O+. The summed E-state index contributed by atoms with van der Waals surface area (Å²) in [6.07, 6.45) is 4.62. The number of benzene rings is 2. The summed E-state index contributed by atoms with van der Waals surface area (Å²) in [5, 5.41) is 4.32. The fraction of sp³-hybridized carbons (Fsp3) is 0.360. The Morgan fingerprint density at radius 1 is 1.10 bits per heavy atom. The highest BCUT2D eigenvalue weighted by Crippen LogP contribution is 2.40. The second-order valence-electron chi connectivity index (χ2n) is 8.58. The molecule has 2 aromatic carbocycles. The highest BCUT2D eigenvalue weighted by Gasteiger charge is 2.28. The summed E-state index contributed by atoms with van der Waals surface area (Å²) >= 11 is 0. The van der Waals surface area contributed by atoms with Crippen molar-refractivity contribution >= 4 is 34.0 Å². The monoisotopic (exact) mass is 401 g/mol. The molecule has 2 aliphatic heterocycles. The Balaban J connectivity index is 1.51. The first-order valence-electron chi connectivity index (χ1n) is 11.1. The molecule has 0 unspecified atom stereocenters. The summed E-state index contributed by atoms with van der Waals surface area (Å²) in [5.74, 6) is 1.08. The number of hydrogen-bond acceptors (Lipinski definition) is 3. The van der Waals surface area contributed by atoms with Crippen LogP contribution in [-0.4, -0.2) is 37.1 Å². The van der Waals surface area contributed by atoms with Crippen LogP contribution >= 0.6 is 0 Å². The molecule has 0 bridgehead atoms. The van der Waals surface area contributed by atoms with Gasteiger partial charge >= 0.3 is 0 Å². The van der Waals surface area contributed by atoms with Crippen molar-refractivity contribution in [1.82, 2.24) is 4.98 Å². The molecular weight excluding hydrogens is 372 g/mol. The molecule has 3 heterocycles. The Labute approximate surface area is 177 Å². The van der Waals surface area contributed by atoms with Gasteiger partial charge in [-0.15, -0.1) is 0 Å². The number of fused-ring (bicyclic) bond motifs is 2. The van der Waals surface area contributed by atoms with E-state index in [0.29, 0.717) is 6.54 Å². The molecule has 0 radical (unpaired) electrons. The van der Waals surface area contributed by atoms with Gasteiger partial charge in [-0.2, -0.15) is 0 Å². The van der Waals surface area contributed by atoms with Gasteiger partial charge in [0.2, 0.25) is 0 Å². The maximum atomic E-state index is 13.0. The van der Waals surface area contributed by atoms with Crippen molar-refractivity contribution in [3.63, 3.8) is 0 Å². The lowest BCUT2D eigenvalue weighted by Gasteiger charge is -2.23. The molecule has 5 rings (SSSR count). The Morgan fingerprint density at radius 2 is 1.93 bits per heavy atom. The molecule has 1 fully saturated rings. The van der Waals surface area contributed by atoms with Gasteiger partial charge in [-0.25, -0.2) is 4.98 Å². The number of aromatic nitrogens is 1. The topological polar surface area (TPSA) is 49.7 Å². The normalized spacial score (nSPS) is 16.6. The van der Waals surface area contributed by atoms with E-state index in [4.69, 9.17) is 4.98 Å². The summed E-state index contributed by atoms with van der Waals surface area (Å²) in [7, 11) is 0. The van der Waals surface area contributed by atoms with Crippen molar-refractivity contribution in [2.75, 3.05) is 36.4 Å². The molecule has 1 saturated heterocycles. The quantitative estimate of drug-likeness (QED) is 0.706. The predicted octanol–water partition coefficient (Wildman–Crippen LogP) is 3.24. The number of carbonyl (C=O) groups is 1. The fourth-order valence-electron chi connectivity index (χ4n) is 4.86. The molecule has 0 spiro atoms. The van der Waals surface area contributed by atoms with Crippen molar-refractivity contribution in [1.29, 1.82) is 0 Å². The molecule has 2 aliphatic rings. The van der Waals surface area contributed by atoms with Crippen LogP contribution in [0.3, 0.4) is 0 Å². The molecule has 0 aliphatic carbocycles. The van der Waals surface area contributed by atoms with Crippen LogP contribution in [0.15, 0.2) is 48.5 Å². The lowest BCUT2D eigenvalue weighted by atomic mass is 10.1. The number of aryl methyl sites for hydroxylation is 1. The number of para-hydroxylation sites is 1. The second-order valence-corrected chi connectivity index (χ2v) is 8.58. The summed E-state index contributed by atoms with van der Waals surface area (Å²) < 4.78 is 0. The number of carbonyl (C=O) groups excluding carboxylic acids is 1. The summed E-state index contributed by atoms with van der Waals surface area (Å²) in [6, 6.07) is 16.7. The average Bonchev–Trinajstić information content (AvgIpc) is 3.18. The molecule has 1 aromatic heterocycles. The average molecular weight is 402 g/mol. The zero-order valence-corrected chi connectivity index (χ0v) is 17.6. The van der Waals surface area contributed by atoms with Gasteiger partial charge in [-0.3, -0.25) is 4.79 Å². The maximum absolute atomic E-state index is 13.0. The van der Waals surface area contributed by atoms with Gasteiger partial charge in [-0.1, -0.05) is 30.3 Å². The molecule has 2 N–H and O–H groups in total. The third kappa shape index (κ3) is 3.65. The van der Waals surface area contributed by atoms with Crippen LogP contribution in [-0.2, 0) is 11.2 Å². The smallest absolute Gasteiger partial charge is 0.279 e. The number of amides is 1. The molecule has 1 amide bonds. The standard InChI is InChI=1S/C25H28N4O/c1-18-8-7-9-19(16-18)29-15-12-21-24(20-10-3-4-11-22(20)26-25(21)29)27-23(30)17-28-13-5-2-6-14-28/h3-4,7-11,16H,2,5-6,12-15,17H2,1H3,(H,26,27,30)/p+1. The van der Waals surface area contributed by atoms with E-state index in [2.05, 4.69) is 47.5 Å². The number of nitrogens with one attached hydrogen (secondary N) is 2. The van der Waals surface area contributed by atoms with Crippen LogP contribution in [0.5, 0.6) is 0 Å². The Morgan fingerprint density at radius 3 is 2.77 bits per heavy atom. The third-order valence-corrected chi connectivity index (χ3v) is 6.36. The summed E-state index contributed by atoms with van der Waals surface area (Å²) in [6.45, 7) is 5.74. The number of pyridine rings is 1. The van der Waals surface area contributed by atoms with Crippen molar-refractivity contribution in [3.8, 4) is 0 Å². The van der Waals surface area contributed by atoms with E-state index >= 15 is 0 Å². The van der Waals surface area contributed by atoms with E-state index in [1.165, 1.54) is 29.7 Å². The Bertz CT molecular complexity index is 1090. The van der Waals surface area contributed by atoms with Crippen molar-refractivity contribution in [3.05, 3.63) is 59.7 Å². The highest BCUT2D eigenvalue weighted by molar-refractivity contribution is 6.04. The van der Waals surface area contributed by atoms with Gasteiger partial charge in [0.1, 0.15) is 5.82 Å². The van der Waals surface area contributed by atoms with E-state index in [0.717, 1.165) is 59.7 Å². The van der Waals surface area contributed by atoms with Crippen LogP contribution in [0.4, 0.5) is 17.2 Å². The van der Waals surface area contributed by atoms with Gasteiger partial charge in [-0.05, 0) is 56.4 Å². The van der Waals surface area contributed by atoms with Crippen LogP contribution in [0.1, 0.15) is 30.4 Å². The van der Waals surface area contributed by atoms with E-state index in [9.17, 15) is 4.79 Å². The number of hydrogen-bond donors (Lipinski definition) is 2. The van der Waals surface area contributed by atoms with Gasteiger partial charge in [0.25, 0.3) is 5.91 Å². The molecule has 154 valence electrons. The third-order valence-electron chi connectivity index (χ3n) is 6.36. The van der Waals surface area contributed by atoms with Crippen LogP contribution in [0.25, 0.3) is 10.9 Å². The number of anilines is 3. The highest BCUT2D eigenvalue weighted by atomic mass is 16.2. The minimum atomic E-state index is 0.111. The first-order valence-corrected chi connectivity index (χ1v) is 11.1. The molecule has 0 saturated carbocycles. The van der Waals surface area contributed by atoms with E-state index in [1.807, 2.05) is 18.2 Å². The number of likely N-dealkylation sites (tertiary alicyclic amines) is 1. The zero-order chi connectivity index (χ0) is 20.5. The lowest BCUT2D eigenvalue weighted by molar-refractivity contribution is -0.896. The SMILES string of the molecule is Cc1cccc(N2CCc3c2nc2ccccc2c3NC(=O)C[NH+]2CCCCC2)c1. The van der Waals surface area contributed by atoms with Gasteiger partial charge in [0.15, 0.2) is 6.54 Å². The first-order chi connectivity index (χ1) is 14.7. The zero-order valence-electron chi connectivity index (χ0n) is 17.6. The molecule has 3 aromatic rings. The number of piperidine rings is 1. The van der Waals surface area contributed by atoms with Gasteiger partial charge in [0.05, 0.1) is 24.3 Å². The first kappa shape index (κ1) is 19.1. The van der Waals surface area contributed by atoms with Crippen molar-refractivity contribution in [2.45, 2.75) is 32.6 Å². The van der Waals surface area contributed by atoms with Gasteiger partial charge in [0, 0.05) is 23.2 Å². The second kappa shape index (κ2) is 8.07. The minimum Gasteiger partial charge on any atom is -0.327 e. The van der Waals surface area contributed by atoms with Crippen LogP contribution in [0, 0.1) is 6.92 Å². The molecule has 0 atom stereocenters. The van der Waals surface area contributed by atoms with E-state index in [1.54, 1.807) is 0 Å². The maximum Gasteiger partial charge on any atom is 0.279 e. The number of rotatable bonds is 4. The minimum absolute atomic E-state index is 0.111. The predicted molar refractivity (Wildman–Crippen MR) is 122 cm³/mol.